The van der Waals surface area contributed by atoms with E-state index >= 15 is 0 Å². The number of benzene rings is 1. The van der Waals surface area contributed by atoms with Crippen LogP contribution >= 0.6 is 35.3 Å². The van der Waals surface area contributed by atoms with Gasteiger partial charge >= 0.3 is 0 Å². The highest BCUT2D eigenvalue weighted by Gasteiger charge is 2.28. The second-order valence-corrected chi connectivity index (χ2v) is 8.79. The van der Waals surface area contributed by atoms with Crippen molar-refractivity contribution in [1.29, 1.82) is 0 Å². The van der Waals surface area contributed by atoms with Gasteiger partial charge in [0.2, 0.25) is 0 Å². The van der Waals surface area contributed by atoms with Crippen LogP contribution in [-0.2, 0) is 16.6 Å². The minimum absolute atomic E-state index is 0. The van der Waals surface area contributed by atoms with Crippen LogP contribution in [0.15, 0.2) is 46.0 Å². The molecule has 0 atom stereocenters. The molecule has 1 aromatic heterocycles. The lowest BCUT2D eigenvalue weighted by atomic mass is 10.2. The zero-order valence-corrected chi connectivity index (χ0v) is 15.6. The Morgan fingerprint density at radius 2 is 1.83 bits per heavy atom. The molecule has 0 aliphatic carbocycles. The van der Waals surface area contributed by atoms with E-state index in [9.17, 15) is 8.42 Å². The van der Waals surface area contributed by atoms with Gasteiger partial charge in [0.05, 0.1) is 0 Å². The van der Waals surface area contributed by atoms with Crippen molar-refractivity contribution in [1.82, 2.24) is 9.21 Å². The number of hydrogen-bond acceptors (Lipinski definition) is 4. The topological polar surface area (TPSA) is 40.6 Å². The molecule has 1 aliphatic heterocycles. The number of thiophene rings is 1. The molecule has 1 aromatic carbocycles. The fourth-order valence-electron chi connectivity index (χ4n) is 2.56. The lowest BCUT2D eigenvalue weighted by Crippen LogP contribution is -2.48. The van der Waals surface area contributed by atoms with Gasteiger partial charge in [0.25, 0.3) is 10.0 Å². The Hall–Kier alpha value is -0.630. The molecule has 0 saturated carbocycles. The molecule has 3 rings (SSSR count). The third-order valence-electron chi connectivity index (χ3n) is 3.72. The van der Waals surface area contributed by atoms with E-state index in [1.54, 1.807) is 21.8 Å². The summed E-state index contributed by atoms with van der Waals surface area (Å²) in [5.74, 6) is 0. The summed E-state index contributed by atoms with van der Waals surface area (Å²) >= 11 is 7.27. The van der Waals surface area contributed by atoms with Crippen LogP contribution in [0.1, 0.15) is 5.56 Å². The first-order chi connectivity index (χ1) is 10.6. The maximum Gasteiger partial charge on any atom is 0.252 e. The summed E-state index contributed by atoms with van der Waals surface area (Å²) in [6, 6.07) is 11.2. The Morgan fingerprint density at radius 3 is 2.43 bits per heavy atom. The Morgan fingerprint density at radius 1 is 1.09 bits per heavy atom. The Balaban J connectivity index is 0.00000192. The van der Waals surface area contributed by atoms with E-state index in [1.165, 1.54) is 11.3 Å². The van der Waals surface area contributed by atoms with E-state index in [2.05, 4.69) is 4.90 Å². The molecule has 4 nitrogen and oxygen atoms in total. The SMILES string of the molecule is Cl.O=S(=O)(c1cccs1)N1CCN(Cc2cccc(Cl)c2)CC1. The van der Waals surface area contributed by atoms with Gasteiger partial charge in [-0.1, -0.05) is 29.8 Å². The first-order valence-electron chi connectivity index (χ1n) is 7.06. The third kappa shape index (κ3) is 4.47. The lowest BCUT2D eigenvalue weighted by Gasteiger charge is -2.33. The molecule has 2 aromatic rings. The molecule has 23 heavy (non-hydrogen) atoms. The Bertz CT molecular complexity index is 728. The number of halogens is 2. The summed E-state index contributed by atoms with van der Waals surface area (Å²) in [6.45, 7) is 3.32. The van der Waals surface area contributed by atoms with Crippen molar-refractivity contribution in [2.75, 3.05) is 26.2 Å². The first kappa shape index (κ1) is 18.7. The first-order valence-corrected chi connectivity index (χ1v) is 9.76. The van der Waals surface area contributed by atoms with E-state index in [4.69, 9.17) is 11.6 Å². The second kappa shape index (κ2) is 7.96. The van der Waals surface area contributed by atoms with Gasteiger partial charge in [-0.05, 0) is 29.1 Å². The second-order valence-electron chi connectivity index (χ2n) is 5.24. The van der Waals surface area contributed by atoms with Gasteiger partial charge in [0.15, 0.2) is 0 Å². The predicted octanol–water partition coefficient (Wildman–Crippen LogP) is 3.33. The molecule has 0 bridgehead atoms. The van der Waals surface area contributed by atoms with E-state index in [0.717, 1.165) is 30.2 Å². The van der Waals surface area contributed by atoms with E-state index in [-0.39, 0.29) is 12.4 Å². The predicted molar refractivity (Wildman–Crippen MR) is 97.1 cm³/mol. The minimum atomic E-state index is -3.32. The van der Waals surface area contributed by atoms with Crippen molar-refractivity contribution < 1.29 is 8.42 Å². The van der Waals surface area contributed by atoms with Crippen molar-refractivity contribution in [2.24, 2.45) is 0 Å². The molecule has 0 amide bonds. The lowest BCUT2D eigenvalue weighted by molar-refractivity contribution is 0.182. The van der Waals surface area contributed by atoms with E-state index in [0.29, 0.717) is 17.3 Å². The fourth-order valence-corrected chi connectivity index (χ4v) is 5.34. The van der Waals surface area contributed by atoms with Crippen LogP contribution in [0.25, 0.3) is 0 Å². The summed E-state index contributed by atoms with van der Waals surface area (Å²) < 4.78 is 26.9. The molecular weight excluding hydrogens is 375 g/mol. The van der Waals surface area contributed by atoms with Crippen LogP contribution in [0.2, 0.25) is 5.02 Å². The van der Waals surface area contributed by atoms with Gasteiger partial charge in [-0.25, -0.2) is 8.42 Å². The Labute approximate surface area is 152 Å². The van der Waals surface area contributed by atoms with Crippen LogP contribution in [-0.4, -0.2) is 43.8 Å². The minimum Gasteiger partial charge on any atom is -0.296 e. The monoisotopic (exact) mass is 392 g/mol. The van der Waals surface area contributed by atoms with Gasteiger partial charge in [0.1, 0.15) is 4.21 Å². The molecule has 0 N–H and O–H groups in total. The number of sulfonamides is 1. The van der Waals surface area contributed by atoms with Crippen molar-refractivity contribution in [3.05, 3.63) is 52.4 Å². The third-order valence-corrected chi connectivity index (χ3v) is 7.22. The smallest absolute Gasteiger partial charge is 0.252 e. The maximum atomic E-state index is 12.5. The molecule has 1 saturated heterocycles. The summed E-state index contributed by atoms with van der Waals surface area (Å²) in [6.07, 6.45) is 0. The number of nitrogens with zero attached hydrogens (tertiary/aromatic N) is 2. The van der Waals surface area contributed by atoms with Gasteiger partial charge < -0.3 is 0 Å². The van der Waals surface area contributed by atoms with Crippen LogP contribution < -0.4 is 0 Å². The highest BCUT2D eigenvalue weighted by Crippen LogP contribution is 2.22. The quantitative estimate of drug-likeness (QED) is 0.800. The van der Waals surface area contributed by atoms with Crippen molar-refractivity contribution in [3.8, 4) is 0 Å². The van der Waals surface area contributed by atoms with Crippen LogP contribution in [0.3, 0.4) is 0 Å². The average Bonchev–Trinajstić information content (AvgIpc) is 3.03. The number of rotatable bonds is 4. The summed E-state index contributed by atoms with van der Waals surface area (Å²) in [7, 11) is -3.32. The number of hydrogen-bond donors (Lipinski definition) is 0. The van der Waals surface area contributed by atoms with Crippen LogP contribution in [0.5, 0.6) is 0 Å². The van der Waals surface area contributed by atoms with Gasteiger partial charge in [-0.3, -0.25) is 4.90 Å². The zero-order valence-electron chi connectivity index (χ0n) is 12.4. The maximum absolute atomic E-state index is 12.5. The van der Waals surface area contributed by atoms with Gasteiger partial charge in [0, 0.05) is 37.7 Å². The molecular formula is C15H18Cl2N2O2S2. The molecule has 126 valence electrons. The largest absolute Gasteiger partial charge is 0.296 e. The molecule has 0 radical (unpaired) electrons. The van der Waals surface area contributed by atoms with E-state index < -0.39 is 10.0 Å². The summed E-state index contributed by atoms with van der Waals surface area (Å²) in [5.41, 5.74) is 1.15. The average molecular weight is 393 g/mol. The molecule has 0 spiro atoms. The highest BCUT2D eigenvalue weighted by molar-refractivity contribution is 7.91. The molecule has 2 heterocycles. The van der Waals surface area contributed by atoms with Crippen LogP contribution in [0.4, 0.5) is 0 Å². The molecule has 1 fully saturated rings. The molecule has 1 aliphatic rings. The van der Waals surface area contributed by atoms with Crippen molar-refractivity contribution in [3.63, 3.8) is 0 Å². The Kier molecular flexibility index (Phi) is 6.48. The van der Waals surface area contributed by atoms with Crippen molar-refractivity contribution >= 4 is 45.4 Å². The fraction of sp³-hybridized carbons (Fsp3) is 0.333. The number of piperazine rings is 1. The summed E-state index contributed by atoms with van der Waals surface area (Å²) in [5, 5.41) is 2.53. The summed E-state index contributed by atoms with van der Waals surface area (Å²) in [4.78, 5) is 2.26. The van der Waals surface area contributed by atoms with Crippen molar-refractivity contribution in [2.45, 2.75) is 10.8 Å². The molecule has 0 unspecified atom stereocenters. The normalized spacial score (nSPS) is 16.9. The standard InChI is InChI=1S/C15H17ClN2O2S2.ClH/c16-14-4-1-3-13(11-14)12-17-6-8-18(9-7-17)22(19,20)15-5-2-10-21-15;/h1-5,10-11H,6-9,12H2;1H. The van der Waals surface area contributed by atoms with Gasteiger partial charge in [-0.15, -0.1) is 23.7 Å². The molecule has 8 heteroatoms. The highest BCUT2D eigenvalue weighted by atomic mass is 35.5. The van der Waals surface area contributed by atoms with Gasteiger partial charge in [-0.2, -0.15) is 4.31 Å². The zero-order chi connectivity index (χ0) is 15.6. The van der Waals surface area contributed by atoms with Crippen LogP contribution in [0, 0.1) is 0 Å². The van der Waals surface area contributed by atoms with E-state index in [1.807, 2.05) is 24.3 Å².